The van der Waals surface area contributed by atoms with Crippen LogP contribution in [-0.4, -0.2) is 26.4 Å². The number of hydrogen-bond acceptors (Lipinski definition) is 4. The quantitative estimate of drug-likeness (QED) is 0.634. The maximum Gasteiger partial charge on any atom is 0.192 e. The van der Waals surface area contributed by atoms with Gasteiger partial charge in [-0.2, -0.15) is 0 Å². The summed E-state index contributed by atoms with van der Waals surface area (Å²) in [6, 6.07) is 4.79. The van der Waals surface area contributed by atoms with E-state index in [2.05, 4.69) is 4.98 Å². The average Bonchev–Trinajstić information content (AvgIpc) is 2.08. The molecule has 1 heterocycles. The topological polar surface area (TPSA) is 64.1 Å². The lowest BCUT2D eigenvalue weighted by Gasteiger charge is -1.92. The normalized spacial score (nSPS) is 9.75. The van der Waals surface area contributed by atoms with Gasteiger partial charge in [-0.25, -0.2) is 13.4 Å². The van der Waals surface area contributed by atoms with Crippen LogP contribution in [-0.2, 0) is 14.6 Å². The van der Waals surface area contributed by atoms with Gasteiger partial charge < -0.3 is 4.79 Å². The number of carbonyl (C=O) groups excluding carboxylic acids is 1. The van der Waals surface area contributed by atoms with E-state index in [-0.39, 0.29) is 5.03 Å². The van der Waals surface area contributed by atoms with Gasteiger partial charge in [0.25, 0.3) is 0 Å². The minimum atomic E-state index is -3.11. The largest absolute Gasteiger partial charge is 0.307 e. The molecule has 0 aliphatic rings. The van der Waals surface area contributed by atoms with E-state index in [9.17, 15) is 8.42 Å². The Labute approximate surface area is 71.2 Å². The molecular weight excluding hydrogens is 178 g/mol. The van der Waals surface area contributed by atoms with Crippen LogP contribution in [0.15, 0.2) is 29.4 Å². The van der Waals surface area contributed by atoms with E-state index in [1.807, 2.05) is 6.79 Å². The van der Waals surface area contributed by atoms with Gasteiger partial charge in [0.15, 0.2) is 14.9 Å². The lowest BCUT2D eigenvalue weighted by atomic mass is 10.5. The molecular formula is C7H9NO3S. The first-order valence-corrected chi connectivity index (χ1v) is 4.90. The summed E-state index contributed by atoms with van der Waals surface area (Å²) < 4.78 is 21.5. The molecule has 0 aromatic carbocycles. The van der Waals surface area contributed by atoms with Crippen LogP contribution < -0.4 is 0 Å². The number of pyridine rings is 1. The second kappa shape index (κ2) is 4.61. The van der Waals surface area contributed by atoms with Crippen LogP contribution in [0.4, 0.5) is 0 Å². The monoisotopic (exact) mass is 187 g/mol. The van der Waals surface area contributed by atoms with Gasteiger partial charge in [0.05, 0.1) is 0 Å². The highest BCUT2D eigenvalue weighted by atomic mass is 32.2. The number of rotatable bonds is 1. The van der Waals surface area contributed by atoms with Crippen molar-refractivity contribution >= 4 is 16.6 Å². The van der Waals surface area contributed by atoms with Gasteiger partial charge in [-0.3, -0.25) is 0 Å². The molecule has 0 atom stereocenters. The van der Waals surface area contributed by atoms with Gasteiger partial charge in [0.1, 0.15) is 6.79 Å². The van der Waals surface area contributed by atoms with Crippen LogP contribution in [0.1, 0.15) is 0 Å². The van der Waals surface area contributed by atoms with Crippen LogP contribution in [0.2, 0.25) is 0 Å². The number of sulfone groups is 1. The van der Waals surface area contributed by atoms with Crippen molar-refractivity contribution in [3.05, 3.63) is 24.4 Å². The second-order valence-electron chi connectivity index (χ2n) is 1.94. The molecule has 1 aromatic rings. The van der Waals surface area contributed by atoms with Crippen molar-refractivity contribution in [2.75, 3.05) is 6.26 Å². The third-order valence-electron chi connectivity index (χ3n) is 1.02. The van der Waals surface area contributed by atoms with E-state index in [4.69, 9.17) is 4.79 Å². The first kappa shape index (κ1) is 10.8. The lowest BCUT2D eigenvalue weighted by Crippen LogP contribution is -1.98. The van der Waals surface area contributed by atoms with Crippen molar-refractivity contribution in [2.45, 2.75) is 5.03 Å². The third-order valence-corrected chi connectivity index (χ3v) is 2.02. The summed E-state index contributed by atoms with van der Waals surface area (Å²) in [6.45, 7) is 2.00. The fourth-order valence-electron chi connectivity index (χ4n) is 0.566. The van der Waals surface area contributed by atoms with Crippen molar-refractivity contribution < 1.29 is 13.2 Å². The molecule has 0 fully saturated rings. The first-order valence-electron chi connectivity index (χ1n) is 3.00. The van der Waals surface area contributed by atoms with Crippen molar-refractivity contribution in [3.63, 3.8) is 0 Å². The highest BCUT2D eigenvalue weighted by Crippen LogP contribution is 2.00. The second-order valence-corrected chi connectivity index (χ2v) is 3.90. The van der Waals surface area contributed by atoms with Gasteiger partial charge in [-0.15, -0.1) is 0 Å². The zero-order valence-corrected chi connectivity index (χ0v) is 7.41. The third kappa shape index (κ3) is 3.25. The molecule has 0 unspecified atom stereocenters. The molecule has 0 aliphatic carbocycles. The molecule has 66 valence electrons. The van der Waals surface area contributed by atoms with Crippen LogP contribution in [0.3, 0.4) is 0 Å². The van der Waals surface area contributed by atoms with Crippen LogP contribution >= 0.6 is 0 Å². The van der Waals surface area contributed by atoms with Crippen molar-refractivity contribution in [1.29, 1.82) is 0 Å². The van der Waals surface area contributed by atoms with E-state index >= 15 is 0 Å². The van der Waals surface area contributed by atoms with E-state index in [0.717, 1.165) is 6.26 Å². The maximum atomic E-state index is 10.8. The highest BCUT2D eigenvalue weighted by Gasteiger charge is 2.05. The number of aromatic nitrogens is 1. The zero-order valence-electron chi connectivity index (χ0n) is 6.60. The molecule has 0 spiro atoms. The Kier molecular flexibility index (Phi) is 4.14. The number of nitrogens with zero attached hydrogens (tertiary/aromatic N) is 1. The van der Waals surface area contributed by atoms with Gasteiger partial charge in [-0.1, -0.05) is 6.07 Å². The summed E-state index contributed by atoms with van der Waals surface area (Å²) in [7, 11) is -3.11. The summed E-state index contributed by atoms with van der Waals surface area (Å²) in [6.07, 6.45) is 2.59. The molecule has 5 heteroatoms. The predicted molar refractivity (Wildman–Crippen MR) is 44.5 cm³/mol. The predicted octanol–water partition coefficient (Wildman–Crippen LogP) is 0.300. The highest BCUT2D eigenvalue weighted by molar-refractivity contribution is 7.90. The maximum absolute atomic E-state index is 10.8. The molecule has 0 amide bonds. The molecule has 0 bridgehead atoms. The molecule has 1 aromatic heterocycles. The minimum Gasteiger partial charge on any atom is -0.307 e. The summed E-state index contributed by atoms with van der Waals surface area (Å²) in [5, 5.41) is 0.120. The number of hydrogen-bond donors (Lipinski definition) is 0. The van der Waals surface area contributed by atoms with E-state index in [1.165, 1.54) is 12.3 Å². The van der Waals surface area contributed by atoms with Crippen LogP contribution in [0.5, 0.6) is 0 Å². The average molecular weight is 187 g/mol. The molecule has 1 rings (SSSR count). The summed E-state index contributed by atoms with van der Waals surface area (Å²) in [5.41, 5.74) is 0. The fraction of sp³-hybridized carbons (Fsp3) is 0.143. The Morgan fingerprint density at radius 1 is 1.33 bits per heavy atom. The molecule has 12 heavy (non-hydrogen) atoms. The smallest absolute Gasteiger partial charge is 0.192 e. The Balaban J connectivity index is 0.000000561. The van der Waals surface area contributed by atoms with Crippen LogP contribution in [0.25, 0.3) is 0 Å². The minimum absolute atomic E-state index is 0.120. The van der Waals surface area contributed by atoms with E-state index in [1.54, 1.807) is 12.1 Å². The summed E-state index contributed by atoms with van der Waals surface area (Å²) in [5.74, 6) is 0. The van der Waals surface area contributed by atoms with Gasteiger partial charge in [0.2, 0.25) is 0 Å². The van der Waals surface area contributed by atoms with Gasteiger partial charge >= 0.3 is 0 Å². The Hall–Kier alpha value is -1.23. The molecule has 0 radical (unpaired) electrons. The molecule has 4 nitrogen and oxygen atoms in total. The van der Waals surface area contributed by atoms with Crippen molar-refractivity contribution in [1.82, 2.24) is 4.98 Å². The zero-order chi connectivity index (χ0) is 9.61. The standard InChI is InChI=1S/C6H7NO2S.CH2O/c1-10(8,9)6-4-2-3-5-7-6;1-2/h2-5H,1H3;1H2. The van der Waals surface area contributed by atoms with Crippen LogP contribution in [0, 0.1) is 0 Å². The Morgan fingerprint density at radius 2 is 1.92 bits per heavy atom. The SMILES string of the molecule is C=O.CS(=O)(=O)c1ccccn1. The molecule has 0 saturated carbocycles. The fourth-order valence-corrected chi connectivity index (χ4v) is 1.14. The summed E-state index contributed by atoms with van der Waals surface area (Å²) in [4.78, 5) is 11.7. The van der Waals surface area contributed by atoms with Crippen molar-refractivity contribution in [2.24, 2.45) is 0 Å². The Bertz CT molecular complexity index is 320. The van der Waals surface area contributed by atoms with Gasteiger partial charge in [0, 0.05) is 12.5 Å². The Morgan fingerprint density at radius 3 is 2.17 bits per heavy atom. The number of carbonyl (C=O) groups is 1. The van der Waals surface area contributed by atoms with E-state index in [0.29, 0.717) is 0 Å². The molecule has 0 saturated heterocycles. The van der Waals surface area contributed by atoms with E-state index < -0.39 is 9.84 Å². The molecule has 0 aliphatic heterocycles. The van der Waals surface area contributed by atoms with Gasteiger partial charge in [-0.05, 0) is 12.1 Å². The summed E-state index contributed by atoms with van der Waals surface area (Å²) >= 11 is 0. The first-order chi connectivity index (χ1) is 5.61. The lowest BCUT2D eigenvalue weighted by molar-refractivity contribution is -0.0979. The molecule has 0 N–H and O–H groups in total. The van der Waals surface area contributed by atoms with Crippen molar-refractivity contribution in [3.8, 4) is 0 Å².